The number of aromatic nitrogens is 3. The lowest BCUT2D eigenvalue weighted by Crippen LogP contribution is -2.48. The van der Waals surface area contributed by atoms with Gasteiger partial charge in [0.25, 0.3) is 5.91 Å². The smallest absolute Gasteiger partial charge is 0.252 e. The standard InChI is InChI=1S/C22H33N5O.2ClH/c1-12(2)18-11-17(19-13(3)26-27(20(19)25-18)22(4,5)6)21(28)24-16-9-14-7-8-15(10-16)23-14;;/h11-12,14-16,23H,7-10H2,1-6H3,(H,24,28);2*1H. The van der Waals surface area contributed by atoms with E-state index in [1.165, 1.54) is 12.8 Å². The van der Waals surface area contributed by atoms with E-state index in [1.807, 2.05) is 17.7 Å². The summed E-state index contributed by atoms with van der Waals surface area (Å²) in [4.78, 5) is 18.2. The topological polar surface area (TPSA) is 71.8 Å². The molecule has 4 heterocycles. The highest BCUT2D eigenvalue weighted by molar-refractivity contribution is 6.06. The number of piperidine rings is 1. The molecular weight excluding hydrogens is 421 g/mol. The summed E-state index contributed by atoms with van der Waals surface area (Å²) in [6, 6.07) is 3.32. The van der Waals surface area contributed by atoms with Crippen LogP contribution in [0.4, 0.5) is 0 Å². The van der Waals surface area contributed by atoms with Crippen molar-refractivity contribution in [1.82, 2.24) is 25.4 Å². The molecule has 0 spiro atoms. The molecule has 2 unspecified atom stereocenters. The van der Waals surface area contributed by atoms with Crippen LogP contribution in [0.3, 0.4) is 0 Å². The van der Waals surface area contributed by atoms with Gasteiger partial charge in [0.15, 0.2) is 5.65 Å². The molecule has 0 saturated carbocycles. The monoisotopic (exact) mass is 455 g/mol. The van der Waals surface area contributed by atoms with Crippen LogP contribution < -0.4 is 10.6 Å². The van der Waals surface area contributed by atoms with Crippen LogP contribution in [-0.2, 0) is 5.54 Å². The summed E-state index contributed by atoms with van der Waals surface area (Å²) < 4.78 is 1.96. The number of aryl methyl sites for hydroxylation is 1. The number of fused-ring (bicyclic) bond motifs is 3. The molecule has 1 amide bonds. The van der Waals surface area contributed by atoms with Gasteiger partial charge in [0.2, 0.25) is 0 Å². The van der Waals surface area contributed by atoms with E-state index in [0.29, 0.717) is 17.6 Å². The molecule has 2 aromatic heterocycles. The van der Waals surface area contributed by atoms with Gasteiger partial charge in [-0.15, -0.1) is 24.8 Å². The van der Waals surface area contributed by atoms with Gasteiger partial charge in [0.05, 0.1) is 22.2 Å². The lowest BCUT2D eigenvalue weighted by Gasteiger charge is -2.29. The van der Waals surface area contributed by atoms with Crippen molar-refractivity contribution in [3.05, 3.63) is 23.0 Å². The zero-order valence-corrected chi connectivity index (χ0v) is 20.4. The Bertz CT molecular complexity index is 906. The van der Waals surface area contributed by atoms with Gasteiger partial charge in [-0.05, 0) is 65.4 Å². The van der Waals surface area contributed by atoms with E-state index in [4.69, 9.17) is 10.1 Å². The highest BCUT2D eigenvalue weighted by atomic mass is 35.5. The van der Waals surface area contributed by atoms with Crippen molar-refractivity contribution < 1.29 is 4.79 Å². The Kier molecular flexibility index (Phi) is 7.48. The molecule has 2 aliphatic rings. The lowest BCUT2D eigenvalue weighted by atomic mass is 9.98. The summed E-state index contributed by atoms with van der Waals surface area (Å²) in [6.45, 7) is 12.6. The second-order valence-electron chi connectivity index (χ2n) is 9.90. The molecule has 8 heteroatoms. The summed E-state index contributed by atoms with van der Waals surface area (Å²) in [5.74, 6) is 0.256. The minimum Gasteiger partial charge on any atom is -0.349 e. The Morgan fingerprint density at radius 3 is 2.33 bits per heavy atom. The van der Waals surface area contributed by atoms with Crippen molar-refractivity contribution >= 4 is 41.8 Å². The number of hydrogen-bond donors (Lipinski definition) is 2. The molecule has 4 rings (SSSR count). The van der Waals surface area contributed by atoms with Crippen LogP contribution in [0.15, 0.2) is 6.07 Å². The normalized spacial score (nSPS) is 23.2. The third-order valence-corrected chi connectivity index (χ3v) is 6.11. The molecular formula is C22H35Cl2N5O. The van der Waals surface area contributed by atoms with Gasteiger partial charge in [0.1, 0.15) is 0 Å². The summed E-state index contributed by atoms with van der Waals surface area (Å²) >= 11 is 0. The van der Waals surface area contributed by atoms with E-state index in [1.54, 1.807) is 0 Å². The maximum absolute atomic E-state index is 13.4. The highest BCUT2D eigenvalue weighted by Crippen LogP contribution is 2.30. The maximum atomic E-state index is 13.4. The first-order valence-electron chi connectivity index (χ1n) is 10.6. The molecule has 30 heavy (non-hydrogen) atoms. The maximum Gasteiger partial charge on any atom is 0.252 e. The first kappa shape index (κ1) is 24.9. The predicted molar refractivity (Wildman–Crippen MR) is 126 cm³/mol. The number of nitrogens with zero attached hydrogens (tertiary/aromatic N) is 3. The van der Waals surface area contributed by atoms with Crippen LogP contribution in [0.1, 0.15) is 88.0 Å². The van der Waals surface area contributed by atoms with Crippen LogP contribution in [0, 0.1) is 6.92 Å². The van der Waals surface area contributed by atoms with Crippen LogP contribution >= 0.6 is 24.8 Å². The minimum atomic E-state index is -0.197. The zero-order chi connectivity index (χ0) is 20.2. The van der Waals surface area contributed by atoms with Gasteiger partial charge in [-0.3, -0.25) is 4.79 Å². The van der Waals surface area contributed by atoms with Gasteiger partial charge in [-0.1, -0.05) is 13.8 Å². The lowest BCUT2D eigenvalue weighted by molar-refractivity contribution is 0.0925. The second-order valence-corrected chi connectivity index (χ2v) is 9.90. The molecule has 2 fully saturated rings. The second kappa shape index (κ2) is 9.01. The van der Waals surface area contributed by atoms with Gasteiger partial charge in [0, 0.05) is 23.8 Å². The number of rotatable bonds is 3. The van der Waals surface area contributed by atoms with Crippen molar-refractivity contribution in [2.45, 2.75) is 96.8 Å². The third kappa shape index (κ3) is 4.61. The Morgan fingerprint density at radius 1 is 1.20 bits per heavy atom. The fourth-order valence-corrected chi connectivity index (χ4v) is 4.69. The number of hydrogen-bond acceptors (Lipinski definition) is 4. The van der Waals surface area contributed by atoms with Crippen molar-refractivity contribution in [3.63, 3.8) is 0 Å². The fraction of sp³-hybridized carbons (Fsp3) is 0.682. The number of nitrogens with one attached hydrogen (secondary N) is 2. The number of carbonyl (C=O) groups excluding carboxylic acids is 1. The fourth-order valence-electron chi connectivity index (χ4n) is 4.69. The molecule has 6 nitrogen and oxygen atoms in total. The molecule has 2 bridgehead atoms. The summed E-state index contributed by atoms with van der Waals surface area (Å²) in [5.41, 5.74) is 3.13. The molecule has 168 valence electrons. The summed E-state index contributed by atoms with van der Waals surface area (Å²) in [5, 5.41) is 12.6. The Balaban J connectivity index is 0.00000160. The molecule has 0 aromatic carbocycles. The third-order valence-electron chi connectivity index (χ3n) is 6.11. The summed E-state index contributed by atoms with van der Waals surface area (Å²) in [6.07, 6.45) is 4.50. The van der Waals surface area contributed by atoms with Crippen LogP contribution in [0.25, 0.3) is 11.0 Å². The first-order chi connectivity index (χ1) is 13.1. The molecule has 0 radical (unpaired) electrons. The van der Waals surface area contributed by atoms with E-state index in [9.17, 15) is 4.79 Å². The Labute approximate surface area is 191 Å². The highest BCUT2D eigenvalue weighted by Gasteiger charge is 2.34. The largest absolute Gasteiger partial charge is 0.349 e. The molecule has 2 aliphatic heterocycles. The molecule has 0 aliphatic carbocycles. The SMILES string of the molecule is Cc1nn(C(C)(C)C)c2nc(C(C)C)cc(C(=O)NC3CC4CCC(C3)N4)c12.Cl.Cl. The minimum absolute atomic E-state index is 0. The molecule has 2 saturated heterocycles. The molecule has 2 atom stereocenters. The van der Waals surface area contributed by atoms with Crippen LogP contribution in [0.5, 0.6) is 0 Å². The van der Waals surface area contributed by atoms with E-state index in [2.05, 4.69) is 45.3 Å². The predicted octanol–water partition coefficient (Wildman–Crippen LogP) is 4.47. The number of carbonyl (C=O) groups is 1. The average Bonchev–Trinajstić information content (AvgIpc) is 3.13. The quantitative estimate of drug-likeness (QED) is 0.715. The van der Waals surface area contributed by atoms with E-state index < -0.39 is 0 Å². The van der Waals surface area contributed by atoms with Crippen LogP contribution in [-0.4, -0.2) is 38.8 Å². The molecule has 2 aromatic rings. The number of pyridine rings is 1. The average molecular weight is 456 g/mol. The van der Waals surface area contributed by atoms with Gasteiger partial charge in [-0.25, -0.2) is 9.67 Å². The number of halogens is 2. The van der Waals surface area contributed by atoms with Crippen molar-refractivity contribution in [1.29, 1.82) is 0 Å². The van der Waals surface area contributed by atoms with Crippen molar-refractivity contribution in [2.24, 2.45) is 0 Å². The van der Waals surface area contributed by atoms with Gasteiger partial charge >= 0.3 is 0 Å². The Hall–Kier alpha value is -1.37. The van der Waals surface area contributed by atoms with Gasteiger partial charge in [-0.2, -0.15) is 5.10 Å². The van der Waals surface area contributed by atoms with Crippen molar-refractivity contribution in [2.75, 3.05) is 0 Å². The zero-order valence-electron chi connectivity index (χ0n) is 18.8. The Morgan fingerprint density at radius 2 is 1.80 bits per heavy atom. The van der Waals surface area contributed by atoms with Crippen molar-refractivity contribution in [3.8, 4) is 0 Å². The van der Waals surface area contributed by atoms with E-state index >= 15 is 0 Å². The first-order valence-corrected chi connectivity index (χ1v) is 10.6. The summed E-state index contributed by atoms with van der Waals surface area (Å²) in [7, 11) is 0. The molecule has 2 N–H and O–H groups in total. The number of amides is 1. The van der Waals surface area contributed by atoms with E-state index in [-0.39, 0.29) is 48.2 Å². The van der Waals surface area contributed by atoms with E-state index in [0.717, 1.165) is 35.3 Å². The van der Waals surface area contributed by atoms with Gasteiger partial charge < -0.3 is 10.6 Å². The van der Waals surface area contributed by atoms with Crippen LogP contribution in [0.2, 0.25) is 0 Å².